The number of rotatable bonds is 7. The third-order valence-electron chi connectivity index (χ3n) is 4.87. The van der Waals surface area contributed by atoms with Gasteiger partial charge in [0.05, 0.1) is 4.92 Å². The smallest absolute Gasteiger partial charge is 0.289 e. The number of carbonyl (C=O) groups excluding carboxylic acids is 1. The minimum absolute atomic E-state index is 0.0566. The van der Waals surface area contributed by atoms with Gasteiger partial charge in [-0.05, 0) is 37.5 Å². The molecule has 2 heterocycles. The second kappa shape index (κ2) is 8.75. The predicted molar refractivity (Wildman–Crippen MR) is 105 cm³/mol. The molecule has 1 aliphatic rings. The van der Waals surface area contributed by atoms with Crippen LogP contribution in [0.25, 0.3) is 0 Å². The largest absolute Gasteiger partial charge is 0.438 e. The monoisotopic (exact) mass is 421 g/mol. The van der Waals surface area contributed by atoms with Gasteiger partial charge in [0.1, 0.15) is 0 Å². The molecule has 2 aromatic rings. The number of hydrogen-bond acceptors (Lipinski definition) is 6. The Bertz CT molecular complexity index is 995. The van der Waals surface area contributed by atoms with Crippen LogP contribution in [-0.2, 0) is 16.6 Å². The van der Waals surface area contributed by atoms with Crippen LogP contribution >= 0.6 is 0 Å². The zero-order valence-corrected chi connectivity index (χ0v) is 16.9. The van der Waals surface area contributed by atoms with E-state index in [1.165, 1.54) is 33.5 Å². The fourth-order valence-electron chi connectivity index (χ4n) is 3.28. The number of carbonyl (C=O) groups is 1. The Morgan fingerprint density at radius 2 is 1.93 bits per heavy atom. The molecule has 0 spiro atoms. The molecule has 9 nitrogen and oxygen atoms in total. The predicted octanol–water partition coefficient (Wildman–Crippen LogP) is 3.02. The third-order valence-corrected chi connectivity index (χ3v) is 6.64. The summed E-state index contributed by atoms with van der Waals surface area (Å²) in [6, 6.07) is 8.70. The highest BCUT2D eigenvalue weighted by atomic mass is 32.2. The van der Waals surface area contributed by atoms with Crippen molar-refractivity contribution in [1.82, 2.24) is 9.21 Å². The molecule has 1 saturated heterocycles. The third kappa shape index (κ3) is 4.65. The number of piperidine rings is 1. The summed E-state index contributed by atoms with van der Waals surface area (Å²) in [4.78, 5) is 24.7. The Morgan fingerprint density at radius 3 is 2.59 bits per heavy atom. The number of amides is 1. The summed E-state index contributed by atoms with van der Waals surface area (Å²) in [5.41, 5.74) is 0.543. The summed E-state index contributed by atoms with van der Waals surface area (Å²) < 4.78 is 32.2. The Kier molecular flexibility index (Phi) is 6.33. The molecule has 1 aromatic carbocycles. The Balaban J connectivity index is 1.77. The van der Waals surface area contributed by atoms with E-state index < -0.39 is 20.9 Å². The molecule has 1 amide bonds. The van der Waals surface area contributed by atoms with Crippen molar-refractivity contribution in [1.29, 1.82) is 0 Å². The van der Waals surface area contributed by atoms with Crippen molar-refractivity contribution in [3.8, 4) is 0 Å². The Morgan fingerprint density at radius 1 is 1.21 bits per heavy atom. The van der Waals surface area contributed by atoms with Crippen LogP contribution in [0.4, 0.5) is 5.69 Å². The molecule has 0 N–H and O–H groups in total. The molecule has 0 saturated carbocycles. The van der Waals surface area contributed by atoms with E-state index in [1.54, 1.807) is 19.1 Å². The quantitative estimate of drug-likeness (QED) is 0.501. The topological polar surface area (TPSA) is 114 Å². The van der Waals surface area contributed by atoms with Crippen molar-refractivity contribution in [3.05, 3.63) is 57.8 Å². The zero-order valence-electron chi connectivity index (χ0n) is 16.1. The average molecular weight is 421 g/mol. The number of sulfonamides is 1. The minimum Gasteiger partial charge on any atom is -0.438 e. The molecule has 10 heteroatoms. The molecule has 1 aliphatic heterocycles. The summed E-state index contributed by atoms with van der Waals surface area (Å²) >= 11 is 0. The molecule has 0 bridgehead atoms. The van der Waals surface area contributed by atoms with E-state index in [0.29, 0.717) is 25.2 Å². The van der Waals surface area contributed by atoms with E-state index in [9.17, 15) is 23.3 Å². The fourth-order valence-corrected chi connectivity index (χ4v) is 4.71. The summed E-state index contributed by atoms with van der Waals surface area (Å²) in [6.45, 7) is 3.13. The molecular formula is C19H23N3O6S. The summed E-state index contributed by atoms with van der Waals surface area (Å²) in [7, 11) is -3.76. The van der Waals surface area contributed by atoms with E-state index in [0.717, 1.165) is 19.3 Å². The van der Waals surface area contributed by atoms with E-state index in [-0.39, 0.29) is 23.1 Å². The summed E-state index contributed by atoms with van der Waals surface area (Å²) in [5.74, 6) is -0.549. The molecule has 0 aliphatic carbocycles. The van der Waals surface area contributed by atoms with Gasteiger partial charge in [0, 0.05) is 38.3 Å². The number of hydrogen-bond donors (Lipinski definition) is 0. The van der Waals surface area contributed by atoms with Gasteiger partial charge in [0.2, 0.25) is 5.09 Å². The van der Waals surface area contributed by atoms with Crippen molar-refractivity contribution in [2.24, 2.45) is 0 Å². The maximum absolute atomic E-state index is 12.8. The highest BCUT2D eigenvalue weighted by Gasteiger charge is 2.30. The Hall–Kier alpha value is -2.72. The van der Waals surface area contributed by atoms with Crippen LogP contribution in [0.5, 0.6) is 0 Å². The van der Waals surface area contributed by atoms with Gasteiger partial charge in [-0.1, -0.05) is 18.6 Å². The van der Waals surface area contributed by atoms with Gasteiger partial charge in [-0.3, -0.25) is 14.9 Å². The van der Waals surface area contributed by atoms with E-state index >= 15 is 0 Å². The second-order valence-electron chi connectivity index (χ2n) is 6.83. The molecule has 1 fully saturated rings. The highest BCUT2D eigenvalue weighted by molar-refractivity contribution is 7.89. The molecule has 0 radical (unpaired) electrons. The van der Waals surface area contributed by atoms with Crippen molar-refractivity contribution in [2.75, 3.05) is 19.6 Å². The molecule has 1 aromatic heterocycles. The van der Waals surface area contributed by atoms with E-state index in [2.05, 4.69) is 0 Å². The van der Waals surface area contributed by atoms with Crippen LogP contribution in [0.2, 0.25) is 0 Å². The minimum atomic E-state index is -3.76. The molecule has 156 valence electrons. The van der Waals surface area contributed by atoms with Gasteiger partial charge in [-0.15, -0.1) is 0 Å². The van der Waals surface area contributed by atoms with E-state index in [4.69, 9.17) is 4.42 Å². The van der Waals surface area contributed by atoms with Gasteiger partial charge in [-0.2, -0.15) is 4.31 Å². The fraction of sp³-hybridized carbons (Fsp3) is 0.421. The van der Waals surface area contributed by atoms with Gasteiger partial charge in [0.25, 0.3) is 21.6 Å². The first-order chi connectivity index (χ1) is 13.8. The Labute approximate surface area is 169 Å². The molecular weight excluding hydrogens is 398 g/mol. The van der Waals surface area contributed by atoms with Crippen LogP contribution in [0.1, 0.15) is 42.3 Å². The lowest BCUT2D eigenvalue weighted by molar-refractivity contribution is -0.384. The van der Waals surface area contributed by atoms with Crippen LogP contribution < -0.4 is 0 Å². The molecule has 0 atom stereocenters. The number of benzene rings is 1. The summed E-state index contributed by atoms with van der Waals surface area (Å²) in [6.07, 6.45) is 2.61. The average Bonchev–Trinajstić information content (AvgIpc) is 3.23. The first-order valence-electron chi connectivity index (χ1n) is 9.45. The highest BCUT2D eigenvalue weighted by Crippen LogP contribution is 2.23. The number of nitrogens with zero attached hydrogens (tertiary/aromatic N) is 3. The van der Waals surface area contributed by atoms with Crippen LogP contribution in [0, 0.1) is 10.1 Å². The number of non-ortho nitro benzene ring substituents is 1. The van der Waals surface area contributed by atoms with Gasteiger partial charge < -0.3 is 9.32 Å². The van der Waals surface area contributed by atoms with Crippen molar-refractivity contribution >= 4 is 21.6 Å². The molecule has 29 heavy (non-hydrogen) atoms. The number of nitro groups is 1. The molecule has 3 rings (SSSR count). The second-order valence-corrected chi connectivity index (χ2v) is 8.70. The zero-order chi connectivity index (χ0) is 21.0. The standard InChI is InChI=1S/C19H23N3O6S/c1-2-20(14-15-7-6-8-16(13-15)22(24)25)19(23)17-9-10-18(28-17)29(26,27)21-11-4-3-5-12-21/h6-10,13H,2-5,11-12,14H2,1H3. The SMILES string of the molecule is CCN(Cc1cccc([N+](=O)[O-])c1)C(=O)c1ccc(S(=O)(=O)N2CCCCC2)o1. The lowest BCUT2D eigenvalue weighted by Gasteiger charge is -2.24. The number of nitro benzene ring substituents is 1. The van der Waals surface area contributed by atoms with Gasteiger partial charge in [-0.25, -0.2) is 8.42 Å². The van der Waals surface area contributed by atoms with Crippen molar-refractivity contribution in [2.45, 2.75) is 37.8 Å². The van der Waals surface area contributed by atoms with Gasteiger partial charge in [0.15, 0.2) is 5.76 Å². The van der Waals surface area contributed by atoms with Crippen LogP contribution in [-0.4, -0.2) is 48.1 Å². The van der Waals surface area contributed by atoms with Crippen molar-refractivity contribution in [3.63, 3.8) is 0 Å². The van der Waals surface area contributed by atoms with Crippen LogP contribution in [0.15, 0.2) is 45.9 Å². The normalized spacial score (nSPS) is 15.2. The van der Waals surface area contributed by atoms with E-state index in [1.807, 2.05) is 0 Å². The maximum Gasteiger partial charge on any atom is 0.289 e. The van der Waals surface area contributed by atoms with Gasteiger partial charge >= 0.3 is 0 Å². The maximum atomic E-state index is 12.8. The first kappa shape index (κ1) is 21.0. The lowest BCUT2D eigenvalue weighted by atomic mass is 10.2. The lowest BCUT2D eigenvalue weighted by Crippen LogP contribution is -2.35. The number of furan rings is 1. The summed E-state index contributed by atoms with van der Waals surface area (Å²) in [5, 5.41) is 10.7. The van der Waals surface area contributed by atoms with Crippen LogP contribution in [0.3, 0.4) is 0 Å². The first-order valence-corrected chi connectivity index (χ1v) is 10.9. The van der Waals surface area contributed by atoms with Crippen molar-refractivity contribution < 1.29 is 22.6 Å². The molecule has 0 unspecified atom stereocenters.